The number of nitrogens with zero attached hydrogens (tertiary/aromatic N) is 5. The molecule has 2 heterocycles. The van der Waals surface area contributed by atoms with E-state index in [0.29, 0.717) is 11.4 Å². The van der Waals surface area contributed by atoms with Gasteiger partial charge in [0.15, 0.2) is 11.5 Å². The fourth-order valence-corrected chi connectivity index (χ4v) is 3.80. The Morgan fingerprint density at radius 1 is 1.08 bits per heavy atom. The molecule has 0 bridgehead atoms. The first-order valence-electron chi connectivity index (χ1n) is 11.1. The van der Waals surface area contributed by atoms with Crippen molar-refractivity contribution in [3.05, 3.63) is 87.9 Å². The third kappa shape index (κ3) is 5.19. The molecule has 0 fully saturated rings. The van der Waals surface area contributed by atoms with E-state index >= 15 is 0 Å². The van der Waals surface area contributed by atoms with Crippen molar-refractivity contribution in [1.29, 1.82) is 0 Å². The van der Waals surface area contributed by atoms with E-state index in [0.717, 1.165) is 22.9 Å². The Kier molecular flexibility index (Phi) is 6.73. The van der Waals surface area contributed by atoms with Crippen molar-refractivity contribution in [1.82, 2.24) is 19.5 Å². The summed E-state index contributed by atoms with van der Waals surface area (Å²) < 4.78 is 40.2. The number of halogens is 3. The average molecular weight is 496 g/mol. The highest BCUT2D eigenvalue weighted by molar-refractivity contribution is 5.66. The van der Waals surface area contributed by atoms with Gasteiger partial charge in [-0.15, -0.1) is 0 Å². The van der Waals surface area contributed by atoms with Crippen molar-refractivity contribution >= 4 is 11.5 Å². The van der Waals surface area contributed by atoms with E-state index in [1.165, 1.54) is 17.8 Å². The third-order valence-corrected chi connectivity index (χ3v) is 5.63. The summed E-state index contributed by atoms with van der Waals surface area (Å²) in [4.78, 5) is 23.4. The predicted octanol–water partition coefficient (Wildman–Crippen LogP) is 6.21. The number of nitrogens with one attached hydrogen (secondary N) is 1. The Morgan fingerprint density at radius 3 is 2.39 bits per heavy atom. The highest BCUT2D eigenvalue weighted by Crippen LogP contribution is 2.32. The van der Waals surface area contributed by atoms with Crippen LogP contribution in [-0.2, 0) is 19.8 Å². The summed E-state index contributed by atoms with van der Waals surface area (Å²) in [6, 6.07) is 14.4. The SMILES string of the molecule is CC(C)c1ccccc1-c1ncc([N+](=O)[O-])c(NCc2ccc(-c3nc(C(F)(F)F)cn3C)cc2)n1. The van der Waals surface area contributed by atoms with E-state index in [9.17, 15) is 23.3 Å². The fraction of sp³-hybridized carbons (Fsp3) is 0.240. The van der Waals surface area contributed by atoms with Gasteiger partial charge in [-0.05, 0) is 17.0 Å². The molecular weight excluding hydrogens is 473 g/mol. The van der Waals surface area contributed by atoms with Crippen LogP contribution >= 0.6 is 0 Å². The van der Waals surface area contributed by atoms with Crippen LogP contribution in [-0.4, -0.2) is 24.4 Å². The number of hydrogen-bond donors (Lipinski definition) is 1. The van der Waals surface area contributed by atoms with Gasteiger partial charge in [0.2, 0.25) is 5.82 Å². The minimum absolute atomic E-state index is 0.0755. The maximum Gasteiger partial charge on any atom is 0.434 e. The summed E-state index contributed by atoms with van der Waals surface area (Å²) >= 11 is 0. The van der Waals surface area contributed by atoms with Crippen LogP contribution in [0.5, 0.6) is 0 Å². The molecule has 0 aliphatic carbocycles. The number of aryl methyl sites for hydroxylation is 1. The molecule has 0 saturated heterocycles. The van der Waals surface area contributed by atoms with Crippen LogP contribution in [0.3, 0.4) is 0 Å². The number of anilines is 1. The number of rotatable bonds is 7. The van der Waals surface area contributed by atoms with Crippen LogP contribution in [0.2, 0.25) is 0 Å². The molecule has 11 heteroatoms. The standard InChI is InChI=1S/C25H23F3N6O2/c1-15(2)18-6-4-5-7-19(18)22-30-13-20(34(35)36)23(32-22)29-12-16-8-10-17(11-9-16)24-31-21(14-33(24)3)25(26,27)28/h4-11,13-15H,12H2,1-3H3,(H,29,30,32). The first kappa shape index (κ1) is 24.8. The summed E-state index contributed by atoms with van der Waals surface area (Å²) in [5, 5.41) is 14.6. The van der Waals surface area contributed by atoms with E-state index in [1.807, 2.05) is 38.1 Å². The van der Waals surface area contributed by atoms with Crippen molar-refractivity contribution in [3.8, 4) is 22.8 Å². The van der Waals surface area contributed by atoms with Crippen LogP contribution in [0.15, 0.2) is 60.9 Å². The highest BCUT2D eigenvalue weighted by atomic mass is 19.4. The lowest BCUT2D eigenvalue weighted by Crippen LogP contribution is -2.07. The van der Waals surface area contributed by atoms with Crippen molar-refractivity contribution in [2.45, 2.75) is 32.5 Å². The van der Waals surface area contributed by atoms with Crippen molar-refractivity contribution < 1.29 is 18.1 Å². The van der Waals surface area contributed by atoms with Crippen molar-refractivity contribution in [3.63, 3.8) is 0 Å². The van der Waals surface area contributed by atoms with E-state index in [4.69, 9.17) is 0 Å². The number of nitro groups is 1. The summed E-state index contributed by atoms with van der Waals surface area (Å²) in [7, 11) is 1.50. The summed E-state index contributed by atoms with van der Waals surface area (Å²) in [5.74, 6) is 0.840. The third-order valence-electron chi connectivity index (χ3n) is 5.63. The monoisotopic (exact) mass is 496 g/mol. The van der Waals surface area contributed by atoms with Gasteiger partial charge in [-0.25, -0.2) is 15.0 Å². The Bertz CT molecular complexity index is 1400. The first-order valence-corrected chi connectivity index (χ1v) is 11.1. The van der Waals surface area contributed by atoms with Crippen LogP contribution in [0.1, 0.15) is 36.6 Å². The zero-order chi connectivity index (χ0) is 26.0. The zero-order valence-corrected chi connectivity index (χ0v) is 19.7. The molecule has 0 aliphatic rings. The van der Waals surface area contributed by atoms with E-state index < -0.39 is 16.8 Å². The molecule has 8 nitrogen and oxygen atoms in total. The normalized spacial score (nSPS) is 11.6. The molecule has 0 amide bonds. The highest BCUT2D eigenvalue weighted by Gasteiger charge is 2.34. The fourth-order valence-electron chi connectivity index (χ4n) is 3.80. The minimum Gasteiger partial charge on any atom is -0.360 e. The molecule has 0 aliphatic heterocycles. The lowest BCUT2D eigenvalue weighted by molar-refractivity contribution is -0.384. The second kappa shape index (κ2) is 9.76. The van der Waals surface area contributed by atoms with Crippen LogP contribution in [0.25, 0.3) is 22.8 Å². The summed E-state index contributed by atoms with van der Waals surface area (Å²) in [6.45, 7) is 4.29. The van der Waals surface area contributed by atoms with Gasteiger partial charge in [-0.3, -0.25) is 10.1 Å². The maximum atomic E-state index is 13.0. The average Bonchev–Trinajstić information content (AvgIpc) is 3.25. The quantitative estimate of drug-likeness (QED) is 0.241. The maximum absolute atomic E-state index is 13.0. The molecule has 4 aromatic rings. The predicted molar refractivity (Wildman–Crippen MR) is 129 cm³/mol. The lowest BCUT2D eigenvalue weighted by Gasteiger charge is -2.13. The van der Waals surface area contributed by atoms with Gasteiger partial charge in [-0.1, -0.05) is 62.4 Å². The molecule has 2 aromatic carbocycles. The zero-order valence-electron chi connectivity index (χ0n) is 19.7. The molecule has 2 aromatic heterocycles. The molecule has 186 valence electrons. The van der Waals surface area contributed by atoms with Gasteiger partial charge in [0.05, 0.1) is 4.92 Å². The Morgan fingerprint density at radius 2 is 1.78 bits per heavy atom. The Hall–Kier alpha value is -4.28. The number of alkyl halides is 3. The molecular formula is C25H23F3N6O2. The van der Waals surface area contributed by atoms with Gasteiger partial charge >= 0.3 is 11.9 Å². The van der Waals surface area contributed by atoms with Crippen molar-refractivity contribution in [2.24, 2.45) is 7.05 Å². The van der Waals surface area contributed by atoms with Gasteiger partial charge in [0.25, 0.3) is 0 Å². The molecule has 0 unspecified atom stereocenters. The van der Waals surface area contributed by atoms with E-state index in [2.05, 4.69) is 20.3 Å². The molecule has 0 spiro atoms. The number of imidazole rings is 1. The Labute approximate surface area is 205 Å². The molecule has 1 N–H and O–H groups in total. The number of benzene rings is 2. The van der Waals surface area contributed by atoms with Gasteiger partial charge in [0, 0.05) is 30.9 Å². The molecule has 0 atom stereocenters. The number of aromatic nitrogens is 4. The van der Waals surface area contributed by atoms with Crippen LogP contribution in [0, 0.1) is 10.1 Å². The number of hydrogen-bond acceptors (Lipinski definition) is 6. The van der Waals surface area contributed by atoms with E-state index in [-0.39, 0.29) is 29.8 Å². The second-order valence-corrected chi connectivity index (χ2v) is 8.54. The van der Waals surface area contributed by atoms with E-state index in [1.54, 1.807) is 24.3 Å². The molecule has 0 saturated carbocycles. The summed E-state index contributed by atoms with van der Waals surface area (Å²) in [5.41, 5.74) is 1.86. The first-order chi connectivity index (χ1) is 17.0. The van der Waals surface area contributed by atoms with Crippen LogP contribution in [0.4, 0.5) is 24.7 Å². The second-order valence-electron chi connectivity index (χ2n) is 8.54. The lowest BCUT2D eigenvalue weighted by atomic mass is 9.97. The smallest absolute Gasteiger partial charge is 0.360 e. The largest absolute Gasteiger partial charge is 0.434 e. The molecule has 0 radical (unpaired) electrons. The van der Waals surface area contributed by atoms with Crippen LogP contribution < -0.4 is 5.32 Å². The molecule has 4 rings (SSSR count). The van der Waals surface area contributed by atoms with Gasteiger partial charge < -0.3 is 9.88 Å². The van der Waals surface area contributed by atoms with Gasteiger partial charge in [-0.2, -0.15) is 13.2 Å². The molecule has 36 heavy (non-hydrogen) atoms. The van der Waals surface area contributed by atoms with Crippen molar-refractivity contribution in [2.75, 3.05) is 5.32 Å². The summed E-state index contributed by atoms with van der Waals surface area (Å²) in [6.07, 6.45) is -2.40. The topological polar surface area (TPSA) is 98.8 Å². The Balaban J connectivity index is 1.57. The van der Waals surface area contributed by atoms with Gasteiger partial charge in [0.1, 0.15) is 12.0 Å². The minimum atomic E-state index is -4.53.